The summed E-state index contributed by atoms with van der Waals surface area (Å²) in [6, 6.07) is 15.7. The van der Waals surface area contributed by atoms with Gasteiger partial charge in [0.2, 0.25) is 0 Å². The van der Waals surface area contributed by atoms with Gasteiger partial charge in [-0.05, 0) is 65.1 Å². The number of carbonyl (C=O) groups is 2. The van der Waals surface area contributed by atoms with Crippen molar-refractivity contribution in [3.63, 3.8) is 0 Å². The number of esters is 1. The van der Waals surface area contributed by atoms with Gasteiger partial charge in [-0.25, -0.2) is 9.78 Å². The second-order valence-electron chi connectivity index (χ2n) is 5.15. The highest BCUT2D eigenvalue weighted by Gasteiger charge is 2.12. The molecule has 0 saturated heterocycles. The number of hydrogen-bond acceptors (Lipinski definition) is 4. The fourth-order valence-electron chi connectivity index (χ4n) is 2.19. The van der Waals surface area contributed by atoms with Gasteiger partial charge in [-0.2, -0.15) is 0 Å². The van der Waals surface area contributed by atoms with Gasteiger partial charge in [0.05, 0.1) is 16.8 Å². The predicted molar refractivity (Wildman–Crippen MR) is 105 cm³/mol. The topological polar surface area (TPSA) is 68.3 Å². The Kier molecular flexibility index (Phi) is 5.50. The van der Waals surface area contributed by atoms with Crippen LogP contribution < -0.4 is 5.32 Å². The maximum absolute atomic E-state index is 12.1. The Hall–Kier alpha value is -2.19. The lowest BCUT2D eigenvalue weighted by Crippen LogP contribution is -2.21. The number of nitrogens with zero attached hydrogens (tertiary/aromatic N) is 1. The number of benzene rings is 2. The molecule has 2 aromatic carbocycles. The van der Waals surface area contributed by atoms with Gasteiger partial charge in [-0.15, -0.1) is 0 Å². The molecular formula is C18H12ClIN2O3. The van der Waals surface area contributed by atoms with Crippen molar-refractivity contribution in [2.75, 3.05) is 11.9 Å². The minimum Gasteiger partial charge on any atom is -0.452 e. The van der Waals surface area contributed by atoms with Crippen LogP contribution in [0.5, 0.6) is 0 Å². The lowest BCUT2D eigenvalue weighted by atomic mass is 10.1. The number of rotatable bonds is 4. The van der Waals surface area contributed by atoms with E-state index in [-0.39, 0.29) is 6.61 Å². The molecule has 7 heteroatoms. The summed E-state index contributed by atoms with van der Waals surface area (Å²) in [5.74, 6) is -0.971. The smallest absolute Gasteiger partial charge is 0.338 e. The number of pyridine rings is 1. The van der Waals surface area contributed by atoms with Crippen LogP contribution in [-0.4, -0.2) is 23.5 Å². The summed E-state index contributed by atoms with van der Waals surface area (Å²) < 4.78 is 5.98. The van der Waals surface area contributed by atoms with Crippen molar-refractivity contribution in [3.05, 3.63) is 68.9 Å². The number of hydrogen-bond donors (Lipinski definition) is 1. The summed E-state index contributed by atoms with van der Waals surface area (Å²) in [5, 5.41) is 3.85. The Morgan fingerprint density at radius 2 is 1.92 bits per heavy atom. The first-order valence-corrected chi connectivity index (χ1v) is 8.76. The van der Waals surface area contributed by atoms with Crippen molar-refractivity contribution in [2.45, 2.75) is 0 Å². The first kappa shape index (κ1) is 17.6. The molecule has 0 bridgehead atoms. The molecule has 0 aliphatic heterocycles. The van der Waals surface area contributed by atoms with E-state index in [1.807, 2.05) is 18.2 Å². The minimum atomic E-state index is -0.574. The van der Waals surface area contributed by atoms with Gasteiger partial charge >= 0.3 is 5.97 Å². The zero-order valence-corrected chi connectivity index (χ0v) is 15.7. The number of para-hydroxylation sites is 1. The first-order valence-electron chi connectivity index (χ1n) is 7.31. The third-order valence-electron chi connectivity index (χ3n) is 3.37. The van der Waals surface area contributed by atoms with Gasteiger partial charge in [0, 0.05) is 8.96 Å². The molecule has 25 heavy (non-hydrogen) atoms. The van der Waals surface area contributed by atoms with Crippen LogP contribution in [0.15, 0.2) is 54.6 Å². The Morgan fingerprint density at radius 3 is 2.72 bits per heavy atom. The number of ether oxygens (including phenoxy) is 1. The molecule has 1 N–H and O–H groups in total. The van der Waals surface area contributed by atoms with E-state index in [0.29, 0.717) is 21.9 Å². The summed E-state index contributed by atoms with van der Waals surface area (Å²) in [6.07, 6.45) is 0. The molecule has 0 fully saturated rings. The molecule has 3 aromatic rings. The fourth-order valence-corrected chi connectivity index (χ4v) is 2.87. The average Bonchev–Trinajstić information content (AvgIpc) is 2.61. The van der Waals surface area contributed by atoms with Gasteiger partial charge in [0.1, 0.15) is 5.15 Å². The van der Waals surface area contributed by atoms with Gasteiger partial charge < -0.3 is 10.1 Å². The second kappa shape index (κ2) is 7.79. The van der Waals surface area contributed by atoms with E-state index in [1.54, 1.807) is 36.4 Å². The Labute approximate surface area is 162 Å². The highest BCUT2D eigenvalue weighted by Crippen LogP contribution is 2.18. The standard InChI is InChI=1S/C18H12ClIN2O3/c19-16-8-6-11-9-12(5-7-14(11)21-16)18(24)25-10-17(23)22-15-4-2-1-3-13(15)20/h1-9H,10H2,(H,22,23). The normalized spacial score (nSPS) is 10.5. The summed E-state index contributed by atoms with van der Waals surface area (Å²) in [7, 11) is 0. The zero-order chi connectivity index (χ0) is 17.8. The van der Waals surface area contributed by atoms with Gasteiger partial charge in [0.25, 0.3) is 5.91 Å². The SMILES string of the molecule is O=C(COC(=O)c1ccc2nc(Cl)ccc2c1)Nc1ccccc1I. The molecule has 0 aliphatic carbocycles. The summed E-state index contributed by atoms with van der Waals surface area (Å²) in [6.45, 7) is -0.360. The summed E-state index contributed by atoms with van der Waals surface area (Å²) >= 11 is 7.95. The number of nitrogens with one attached hydrogen (secondary N) is 1. The molecule has 0 unspecified atom stereocenters. The number of carbonyl (C=O) groups excluding carboxylic acids is 2. The van der Waals surface area contributed by atoms with Crippen LogP contribution in [0.4, 0.5) is 5.69 Å². The van der Waals surface area contributed by atoms with Crippen LogP contribution in [0.25, 0.3) is 10.9 Å². The van der Waals surface area contributed by atoms with Crippen LogP contribution in [0.1, 0.15) is 10.4 Å². The highest BCUT2D eigenvalue weighted by molar-refractivity contribution is 14.1. The van der Waals surface area contributed by atoms with E-state index in [1.165, 1.54) is 0 Å². The number of fused-ring (bicyclic) bond motifs is 1. The van der Waals surface area contributed by atoms with Crippen molar-refractivity contribution >= 4 is 62.7 Å². The number of anilines is 1. The molecule has 5 nitrogen and oxygen atoms in total. The molecule has 1 amide bonds. The molecule has 0 saturated carbocycles. The number of aromatic nitrogens is 1. The van der Waals surface area contributed by atoms with Crippen LogP contribution in [-0.2, 0) is 9.53 Å². The maximum atomic E-state index is 12.1. The van der Waals surface area contributed by atoms with Crippen LogP contribution in [0.3, 0.4) is 0 Å². The molecule has 1 heterocycles. The Bertz CT molecular complexity index is 962. The van der Waals surface area contributed by atoms with E-state index >= 15 is 0 Å². The van der Waals surface area contributed by atoms with Crippen molar-refractivity contribution in [2.24, 2.45) is 0 Å². The van der Waals surface area contributed by atoms with E-state index in [4.69, 9.17) is 16.3 Å². The van der Waals surface area contributed by atoms with Gasteiger partial charge in [0.15, 0.2) is 6.61 Å². The van der Waals surface area contributed by atoms with Crippen LogP contribution in [0, 0.1) is 3.57 Å². The predicted octanol–water partition coefficient (Wildman–Crippen LogP) is 4.29. The molecule has 0 atom stereocenters. The van der Waals surface area contributed by atoms with Crippen LogP contribution in [0.2, 0.25) is 5.15 Å². The zero-order valence-electron chi connectivity index (χ0n) is 12.8. The molecule has 3 rings (SSSR count). The van der Waals surface area contributed by atoms with E-state index < -0.39 is 11.9 Å². The van der Waals surface area contributed by atoms with Crippen molar-refractivity contribution in [1.29, 1.82) is 0 Å². The fraction of sp³-hybridized carbons (Fsp3) is 0.0556. The molecule has 0 aliphatic rings. The van der Waals surface area contributed by atoms with Gasteiger partial charge in [-0.3, -0.25) is 4.79 Å². The molecule has 0 spiro atoms. The third kappa shape index (κ3) is 4.46. The third-order valence-corrected chi connectivity index (χ3v) is 4.52. The lowest BCUT2D eigenvalue weighted by Gasteiger charge is -2.08. The van der Waals surface area contributed by atoms with Crippen LogP contribution >= 0.6 is 34.2 Å². The monoisotopic (exact) mass is 466 g/mol. The molecule has 0 radical (unpaired) electrons. The van der Waals surface area contributed by atoms with E-state index in [2.05, 4.69) is 32.9 Å². The largest absolute Gasteiger partial charge is 0.452 e. The number of amides is 1. The van der Waals surface area contributed by atoms with E-state index in [9.17, 15) is 9.59 Å². The van der Waals surface area contributed by atoms with E-state index in [0.717, 1.165) is 8.96 Å². The molecular weight excluding hydrogens is 455 g/mol. The Balaban J connectivity index is 1.63. The first-order chi connectivity index (χ1) is 12.0. The summed E-state index contributed by atoms with van der Waals surface area (Å²) in [5.41, 5.74) is 1.71. The highest BCUT2D eigenvalue weighted by atomic mass is 127. The average molecular weight is 467 g/mol. The minimum absolute atomic E-state index is 0.346. The van der Waals surface area contributed by atoms with Crippen molar-refractivity contribution in [1.82, 2.24) is 4.98 Å². The maximum Gasteiger partial charge on any atom is 0.338 e. The summed E-state index contributed by atoms with van der Waals surface area (Å²) in [4.78, 5) is 28.2. The molecule has 126 valence electrons. The Morgan fingerprint density at radius 1 is 1.12 bits per heavy atom. The quantitative estimate of drug-likeness (QED) is 0.354. The molecule has 1 aromatic heterocycles. The van der Waals surface area contributed by atoms with Crippen molar-refractivity contribution < 1.29 is 14.3 Å². The lowest BCUT2D eigenvalue weighted by molar-refractivity contribution is -0.119. The van der Waals surface area contributed by atoms with Gasteiger partial charge in [-0.1, -0.05) is 23.7 Å². The van der Waals surface area contributed by atoms with Crippen molar-refractivity contribution in [3.8, 4) is 0 Å². The number of halogens is 2. The second-order valence-corrected chi connectivity index (χ2v) is 6.70.